The summed E-state index contributed by atoms with van der Waals surface area (Å²) in [6.07, 6.45) is 3.71. The first kappa shape index (κ1) is 13.9. The first-order valence-corrected chi connectivity index (χ1v) is 8.10. The summed E-state index contributed by atoms with van der Waals surface area (Å²) in [5, 5.41) is 3.90. The van der Waals surface area contributed by atoms with Crippen LogP contribution in [0, 0.1) is 0 Å². The fraction of sp³-hybridized carbons (Fsp3) is 0.462. The van der Waals surface area contributed by atoms with Crippen LogP contribution in [0.4, 0.5) is 0 Å². The third kappa shape index (κ3) is 2.84. The van der Waals surface area contributed by atoms with Crippen molar-refractivity contribution in [1.82, 2.24) is 19.6 Å². The van der Waals surface area contributed by atoms with E-state index in [9.17, 15) is 4.79 Å². The number of piperidine rings is 1. The number of halogens is 1. The Kier molecular flexibility index (Phi) is 4.00. The third-order valence-electron chi connectivity index (χ3n) is 3.57. The Balaban J connectivity index is 1.77. The molecule has 3 heterocycles. The van der Waals surface area contributed by atoms with Gasteiger partial charge in [-0.3, -0.25) is 4.79 Å². The van der Waals surface area contributed by atoms with Gasteiger partial charge < -0.3 is 10.2 Å². The lowest BCUT2D eigenvalue weighted by molar-refractivity contribution is 0.0914. The lowest BCUT2D eigenvalue weighted by Gasteiger charge is -2.29. The average Bonchev–Trinajstić information content (AvgIpc) is 2.84. The fourth-order valence-corrected chi connectivity index (χ4v) is 3.42. The molecule has 0 radical (unpaired) electrons. The Hall–Kier alpha value is -1.05. The molecule has 106 valence electrons. The van der Waals surface area contributed by atoms with Gasteiger partial charge in [-0.05, 0) is 66.5 Å². The van der Waals surface area contributed by atoms with E-state index in [0.29, 0.717) is 5.69 Å². The molecule has 5 nitrogen and oxygen atoms in total. The molecule has 7 heteroatoms. The summed E-state index contributed by atoms with van der Waals surface area (Å²) in [5.41, 5.74) is 0.484. The number of carbonyl (C=O) groups excluding carboxylic acids is 1. The van der Waals surface area contributed by atoms with Crippen LogP contribution in [0.15, 0.2) is 16.7 Å². The van der Waals surface area contributed by atoms with Crippen LogP contribution < -0.4 is 5.32 Å². The van der Waals surface area contributed by atoms with Gasteiger partial charge in [-0.15, -0.1) is 0 Å². The predicted molar refractivity (Wildman–Crippen MR) is 83.1 cm³/mol. The zero-order chi connectivity index (χ0) is 14.1. The molecular weight excluding hydrogens is 340 g/mol. The molecular formula is C13H15BrN4OS. The van der Waals surface area contributed by atoms with Crippen LogP contribution in [0.2, 0.25) is 0 Å². The first-order valence-electron chi connectivity index (χ1n) is 6.54. The van der Waals surface area contributed by atoms with Crippen molar-refractivity contribution in [3.8, 4) is 0 Å². The molecule has 0 spiro atoms. The molecule has 2 aromatic rings. The highest BCUT2D eigenvalue weighted by Gasteiger charge is 2.22. The topological polar surface area (TPSA) is 58.1 Å². The minimum Gasteiger partial charge on any atom is -0.348 e. The first-order chi connectivity index (χ1) is 9.63. The summed E-state index contributed by atoms with van der Waals surface area (Å²) < 4.78 is 5.11. The van der Waals surface area contributed by atoms with Gasteiger partial charge in [-0.2, -0.15) is 4.37 Å². The Morgan fingerprint density at radius 2 is 2.25 bits per heavy atom. The maximum atomic E-state index is 12.4. The Labute approximate surface area is 129 Å². The number of fused-ring (bicyclic) bond motifs is 1. The molecule has 1 fully saturated rings. The molecule has 1 saturated heterocycles. The molecule has 2 aromatic heterocycles. The number of likely N-dealkylation sites (tertiary alicyclic amines) is 1. The van der Waals surface area contributed by atoms with Gasteiger partial charge in [-0.25, -0.2) is 4.98 Å². The van der Waals surface area contributed by atoms with Crippen LogP contribution in [0.1, 0.15) is 23.3 Å². The zero-order valence-electron chi connectivity index (χ0n) is 11.1. The minimum atomic E-state index is -0.0919. The maximum Gasteiger partial charge on any atom is 0.271 e. The fourth-order valence-electron chi connectivity index (χ4n) is 2.38. The number of carbonyl (C=O) groups is 1. The van der Waals surface area contributed by atoms with Crippen LogP contribution >= 0.6 is 27.5 Å². The average molecular weight is 355 g/mol. The molecule has 1 N–H and O–H groups in total. The SMILES string of the molecule is CN1CCC(NC(=O)c2nsc3ncc(Br)cc23)CC1. The minimum absolute atomic E-state index is 0.0919. The van der Waals surface area contributed by atoms with Gasteiger partial charge in [-0.1, -0.05) is 0 Å². The summed E-state index contributed by atoms with van der Waals surface area (Å²) in [6.45, 7) is 2.05. The highest BCUT2D eigenvalue weighted by Crippen LogP contribution is 2.24. The number of nitrogens with zero attached hydrogens (tertiary/aromatic N) is 3. The van der Waals surface area contributed by atoms with Gasteiger partial charge in [0.25, 0.3) is 5.91 Å². The van der Waals surface area contributed by atoms with Crippen molar-refractivity contribution in [2.45, 2.75) is 18.9 Å². The highest BCUT2D eigenvalue weighted by atomic mass is 79.9. The Morgan fingerprint density at radius 1 is 1.50 bits per heavy atom. The molecule has 20 heavy (non-hydrogen) atoms. The van der Waals surface area contributed by atoms with E-state index in [1.165, 1.54) is 11.5 Å². The number of hydrogen-bond donors (Lipinski definition) is 1. The standard InChI is InChI=1S/C13H15BrN4OS/c1-18-4-2-9(3-5-18)16-12(19)11-10-6-8(14)7-15-13(10)20-17-11/h6-7,9H,2-5H2,1H3,(H,16,19). The Morgan fingerprint density at radius 3 is 3.00 bits per heavy atom. The van der Waals surface area contributed by atoms with Crippen LogP contribution in [-0.4, -0.2) is 46.3 Å². The second-order valence-electron chi connectivity index (χ2n) is 5.09. The van der Waals surface area contributed by atoms with Crippen molar-refractivity contribution in [3.05, 3.63) is 22.4 Å². The summed E-state index contributed by atoms with van der Waals surface area (Å²) in [6, 6.07) is 2.14. The van der Waals surface area contributed by atoms with Crippen molar-refractivity contribution in [2.75, 3.05) is 20.1 Å². The second-order valence-corrected chi connectivity index (χ2v) is 6.76. The van der Waals surface area contributed by atoms with Crippen molar-refractivity contribution < 1.29 is 4.79 Å². The van der Waals surface area contributed by atoms with E-state index in [4.69, 9.17) is 0 Å². The molecule has 0 aromatic carbocycles. The number of aromatic nitrogens is 2. The number of pyridine rings is 1. The van der Waals surface area contributed by atoms with E-state index in [-0.39, 0.29) is 11.9 Å². The molecule has 0 aliphatic carbocycles. The summed E-state index contributed by atoms with van der Waals surface area (Å²) in [7, 11) is 2.11. The number of nitrogens with one attached hydrogen (secondary N) is 1. The largest absolute Gasteiger partial charge is 0.348 e. The van der Waals surface area contributed by atoms with E-state index >= 15 is 0 Å². The normalized spacial score (nSPS) is 17.5. The van der Waals surface area contributed by atoms with E-state index in [2.05, 4.69) is 42.6 Å². The quantitative estimate of drug-likeness (QED) is 0.898. The number of amides is 1. The zero-order valence-corrected chi connectivity index (χ0v) is 13.5. The van der Waals surface area contributed by atoms with Gasteiger partial charge in [0.2, 0.25) is 0 Å². The van der Waals surface area contributed by atoms with Gasteiger partial charge in [0.1, 0.15) is 4.83 Å². The van der Waals surface area contributed by atoms with Gasteiger partial charge in [0, 0.05) is 22.1 Å². The van der Waals surface area contributed by atoms with Crippen LogP contribution in [-0.2, 0) is 0 Å². The van der Waals surface area contributed by atoms with Crippen LogP contribution in [0.5, 0.6) is 0 Å². The monoisotopic (exact) mass is 354 g/mol. The van der Waals surface area contributed by atoms with Crippen LogP contribution in [0.25, 0.3) is 10.2 Å². The summed E-state index contributed by atoms with van der Waals surface area (Å²) >= 11 is 4.65. The molecule has 1 amide bonds. The third-order valence-corrected chi connectivity index (χ3v) is 4.77. The van der Waals surface area contributed by atoms with E-state index < -0.39 is 0 Å². The molecule has 0 saturated carbocycles. The summed E-state index contributed by atoms with van der Waals surface area (Å²) in [5.74, 6) is -0.0919. The second kappa shape index (κ2) is 5.75. The van der Waals surface area contributed by atoms with Gasteiger partial charge in [0.15, 0.2) is 5.69 Å². The van der Waals surface area contributed by atoms with E-state index in [1.807, 2.05) is 6.07 Å². The van der Waals surface area contributed by atoms with Crippen molar-refractivity contribution >= 4 is 43.6 Å². The van der Waals surface area contributed by atoms with Crippen molar-refractivity contribution in [2.24, 2.45) is 0 Å². The smallest absolute Gasteiger partial charge is 0.271 e. The predicted octanol–water partition coefficient (Wildman–Crippen LogP) is 2.28. The van der Waals surface area contributed by atoms with Crippen molar-refractivity contribution in [1.29, 1.82) is 0 Å². The molecule has 1 aliphatic heterocycles. The summed E-state index contributed by atoms with van der Waals surface area (Å²) in [4.78, 5) is 19.7. The van der Waals surface area contributed by atoms with E-state index in [0.717, 1.165) is 40.6 Å². The molecule has 0 atom stereocenters. The molecule has 1 aliphatic rings. The van der Waals surface area contributed by atoms with E-state index in [1.54, 1.807) is 6.20 Å². The van der Waals surface area contributed by atoms with Gasteiger partial charge in [0.05, 0.1) is 0 Å². The molecule has 0 bridgehead atoms. The van der Waals surface area contributed by atoms with Crippen LogP contribution in [0.3, 0.4) is 0 Å². The number of hydrogen-bond acceptors (Lipinski definition) is 5. The van der Waals surface area contributed by atoms with Crippen molar-refractivity contribution in [3.63, 3.8) is 0 Å². The molecule has 3 rings (SSSR count). The Bertz CT molecular complexity index is 636. The highest BCUT2D eigenvalue weighted by molar-refractivity contribution is 9.10. The lowest BCUT2D eigenvalue weighted by atomic mass is 10.1. The lowest BCUT2D eigenvalue weighted by Crippen LogP contribution is -2.43. The maximum absolute atomic E-state index is 12.4. The number of rotatable bonds is 2. The molecule has 0 unspecified atom stereocenters. The van der Waals surface area contributed by atoms with Gasteiger partial charge >= 0.3 is 0 Å².